The minimum atomic E-state index is -0.520. The van der Waals surface area contributed by atoms with Crippen molar-refractivity contribution in [2.24, 2.45) is 5.18 Å². The summed E-state index contributed by atoms with van der Waals surface area (Å²) < 4.78 is 20.9. The van der Waals surface area contributed by atoms with Crippen molar-refractivity contribution in [3.63, 3.8) is 0 Å². The van der Waals surface area contributed by atoms with Crippen molar-refractivity contribution in [2.45, 2.75) is 31.9 Å². The van der Waals surface area contributed by atoms with Crippen LogP contribution in [0.1, 0.15) is 25.8 Å². The van der Waals surface area contributed by atoms with Gasteiger partial charge in [-0.25, -0.2) is 4.39 Å². The molecule has 6 nitrogen and oxygen atoms in total. The topological polar surface area (TPSA) is 69.4 Å². The first-order valence-corrected chi connectivity index (χ1v) is 6.88. The first kappa shape index (κ1) is 13.8. The van der Waals surface area contributed by atoms with Crippen LogP contribution in [0.4, 0.5) is 10.1 Å². The molecule has 0 spiro atoms. The Balaban J connectivity index is 1.86. The van der Waals surface area contributed by atoms with Crippen LogP contribution in [0.2, 0.25) is 0 Å². The van der Waals surface area contributed by atoms with Crippen molar-refractivity contribution in [3.05, 3.63) is 35.3 Å². The van der Waals surface area contributed by atoms with Crippen molar-refractivity contribution in [2.75, 3.05) is 6.61 Å². The molecule has 1 fully saturated rings. The summed E-state index contributed by atoms with van der Waals surface area (Å²) in [5.41, 5.74) is 0.335. The maximum Gasteiger partial charge on any atom is 0.155 e. The molecule has 1 aliphatic carbocycles. The van der Waals surface area contributed by atoms with Crippen LogP contribution >= 0.6 is 0 Å². The molecule has 0 aliphatic heterocycles. The number of hydrogen-bond donors (Lipinski definition) is 0. The van der Waals surface area contributed by atoms with Gasteiger partial charge >= 0.3 is 0 Å². The maximum absolute atomic E-state index is 13.8. The molecule has 0 aromatic carbocycles. The quantitative estimate of drug-likeness (QED) is 0.793. The van der Waals surface area contributed by atoms with E-state index in [0.717, 1.165) is 12.8 Å². The fourth-order valence-electron chi connectivity index (χ4n) is 2.49. The molecule has 110 valence electrons. The third-order valence-electron chi connectivity index (χ3n) is 3.64. The Morgan fingerprint density at radius 2 is 2.29 bits per heavy atom. The van der Waals surface area contributed by atoms with Crippen LogP contribution in [0.15, 0.2) is 29.7 Å². The van der Waals surface area contributed by atoms with Crippen molar-refractivity contribution in [1.29, 1.82) is 0 Å². The molecule has 7 heteroatoms. The van der Waals surface area contributed by atoms with E-state index in [1.165, 1.54) is 18.3 Å². The van der Waals surface area contributed by atoms with Gasteiger partial charge in [0.15, 0.2) is 11.5 Å². The molecule has 3 rings (SSSR count). The molecule has 0 atom stereocenters. The second kappa shape index (κ2) is 5.69. The van der Waals surface area contributed by atoms with Gasteiger partial charge in [0.2, 0.25) is 0 Å². The summed E-state index contributed by atoms with van der Waals surface area (Å²) >= 11 is 0. The molecular formula is C14H15FN4O2. The lowest BCUT2D eigenvalue weighted by atomic mass is 9.89. The predicted molar refractivity (Wildman–Crippen MR) is 74.6 cm³/mol. The Kier molecular flexibility index (Phi) is 3.74. The van der Waals surface area contributed by atoms with Crippen molar-refractivity contribution in [1.82, 2.24) is 14.8 Å². The van der Waals surface area contributed by atoms with Gasteiger partial charge in [-0.1, -0.05) is 0 Å². The lowest BCUT2D eigenvalue weighted by Gasteiger charge is -2.34. The second-order valence-electron chi connectivity index (χ2n) is 4.97. The average Bonchev–Trinajstić information content (AvgIpc) is 2.86. The van der Waals surface area contributed by atoms with E-state index in [2.05, 4.69) is 15.3 Å². The number of ether oxygens (including phenoxy) is 1. The van der Waals surface area contributed by atoms with E-state index in [0.29, 0.717) is 6.61 Å². The number of pyridine rings is 1. The summed E-state index contributed by atoms with van der Waals surface area (Å²) in [5, 5.41) is 7.23. The molecule has 2 aromatic rings. The fraction of sp³-hybridized carbons (Fsp3) is 0.429. The lowest BCUT2D eigenvalue weighted by Crippen LogP contribution is -2.33. The minimum absolute atomic E-state index is 0.0477. The zero-order valence-electron chi connectivity index (χ0n) is 11.6. The average molecular weight is 290 g/mol. The van der Waals surface area contributed by atoms with E-state index in [1.54, 1.807) is 10.9 Å². The fourth-order valence-corrected chi connectivity index (χ4v) is 2.49. The highest BCUT2D eigenvalue weighted by Gasteiger charge is 2.32. The molecule has 0 amide bonds. The first-order chi connectivity index (χ1) is 10.2. The third-order valence-corrected chi connectivity index (χ3v) is 3.64. The Labute approximate surface area is 120 Å². The summed E-state index contributed by atoms with van der Waals surface area (Å²) in [7, 11) is 0. The van der Waals surface area contributed by atoms with E-state index in [9.17, 15) is 9.30 Å². The van der Waals surface area contributed by atoms with Crippen molar-refractivity contribution >= 4 is 5.69 Å². The number of halogens is 1. The van der Waals surface area contributed by atoms with E-state index in [1.807, 2.05) is 6.92 Å². The second-order valence-corrected chi connectivity index (χ2v) is 4.97. The van der Waals surface area contributed by atoms with Crippen molar-refractivity contribution in [3.8, 4) is 11.4 Å². The number of rotatable bonds is 5. The summed E-state index contributed by atoms with van der Waals surface area (Å²) in [6.07, 6.45) is 4.89. The summed E-state index contributed by atoms with van der Waals surface area (Å²) in [6, 6.07) is 2.93. The van der Waals surface area contributed by atoms with E-state index < -0.39 is 5.82 Å². The molecule has 0 radical (unpaired) electrons. The summed E-state index contributed by atoms with van der Waals surface area (Å²) in [6.45, 7) is 2.64. The molecule has 0 unspecified atom stereocenters. The van der Waals surface area contributed by atoms with Crippen molar-refractivity contribution < 1.29 is 9.13 Å². The minimum Gasteiger partial charge on any atom is -0.378 e. The molecule has 0 bridgehead atoms. The lowest BCUT2D eigenvalue weighted by molar-refractivity contribution is -0.0226. The molecule has 2 heterocycles. The number of nitroso groups, excluding NO2 is 1. The molecule has 21 heavy (non-hydrogen) atoms. The van der Waals surface area contributed by atoms with Crippen LogP contribution in [0, 0.1) is 10.7 Å². The number of hydrogen-bond acceptors (Lipinski definition) is 5. The van der Waals surface area contributed by atoms with Crippen LogP contribution in [0.3, 0.4) is 0 Å². The molecule has 2 aromatic heterocycles. The zero-order chi connectivity index (χ0) is 14.8. The molecule has 1 saturated carbocycles. The Hall–Kier alpha value is -2.15. The van der Waals surface area contributed by atoms with Gasteiger partial charge in [0.25, 0.3) is 0 Å². The summed E-state index contributed by atoms with van der Waals surface area (Å²) in [4.78, 5) is 14.9. The third kappa shape index (κ3) is 2.56. The SMILES string of the molecule is CCOC1CC(n2cc(N=O)c(-c3ncccc3F)n2)C1. The van der Waals surface area contributed by atoms with E-state index in [-0.39, 0.29) is 29.2 Å². The highest BCUT2D eigenvalue weighted by molar-refractivity contribution is 5.68. The zero-order valence-corrected chi connectivity index (χ0v) is 11.6. The highest BCUT2D eigenvalue weighted by Crippen LogP contribution is 2.37. The van der Waals surface area contributed by atoms with Gasteiger partial charge in [0.05, 0.1) is 18.3 Å². The van der Waals surface area contributed by atoms with Gasteiger partial charge in [-0.05, 0) is 37.1 Å². The number of aromatic nitrogens is 3. The van der Waals surface area contributed by atoms with Crippen LogP contribution in [-0.4, -0.2) is 27.5 Å². The smallest absolute Gasteiger partial charge is 0.155 e. The van der Waals surface area contributed by atoms with Crippen LogP contribution in [0.25, 0.3) is 11.4 Å². The van der Waals surface area contributed by atoms with Gasteiger partial charge in [0.1, 0.15) is 11.4 Å². The Bertz CT molecular complexity index is 652. The van der Waals surface area contributed by atoms with Gasteiger partial charge in [-0.2, -0.15) is 5.10 Å². The first-order valence-electron chi connectivity index (χ1n) is 6.88. The largest absolute Gasteiger partial charge is 0.378 e. The molecular weight excluding hydrogens is 275 g/mol. The van der Waals surface area contributed by atoms with Gasteiger partial charge in [-0.15, -0.1) is 4.91 Å². The predicted octanol–water partition coefficient (Wildman–Crippen LogP) is 3.22. The van der Waals surface area contributed by atoms with Crippen LogP contribution < -0.4 is 0 Å². The van der Waals surface area contributed by atoms with Gasteiger partial charge in [-0.3, -0.25) is 9.67 Å². The van der Waals surface area contributed by atoms with Gasteiger partial charge < -0.3 is 4.74 Å². The van der Waals surface area contributed by atoms with Gasteiger partial charge in [0, 0.05) is 12.8 Å². The standard InChI is InChI=1S/C14H15FN4O2/c1-2-21-10-6-9(7-10)19-8-12(18-20)14(17-19)13-11(15)4-3-5-16-13/h3-5,8-10H,2,6-7H2,1H3. The monoisotopic (exact) mass is 290 g/mol. The Morgan fingerprint density at radius 3 is 2.95 bits per heavy atom. The Morgan fingerprint density at radius 1 is 1.48 bits per heavy atom. The van der Waals surface area contributed by atoms with E-state index >= 15 is 0 Å². The molecule has 0 saturated heterocycles. The van der Waals surface area contributed by atoms with Crippen LogP contribution in [0.5, 0.6) is 0 Å². The summed E-state index contributed by atoms with van der Waals surface area (Å²) in [5.74, 6) is -0.520. The highest BCUT2D eigenvalue weighted by atomic mass is 19.1. The maximum atomic E-state index is 13.8. The molecule has 1 aliphatic rings. The molecule has 0 N–H and O–H groups in total. The van der Waals surface area contributed by atoms with E-state index in [4.69, 9.17) is 4.74 Å². The van der Waals surface area contributed by atoms with Crippen LogP contribution in [-0.2, 0) is 4.74 Å². The number of nitrogens with zero attached hydrogens (tertiary/aromatic N) is 4. The normalized spacial score (nSPS) is 21.0.